The van der Waals surface area contributed by atoms with Crippen molar-refractivity contribution in [2.45, 2.75) is 96.7 Å². The maximum absolute atomic E-state index is 11.4. The summed E-state index contributed by atoms with van der Waals surface area (Å²) in [5.41, 5.74) is 64.7. The molecule has 2 aliphatic heterocycles. The fourth-order valence-corrected chi connectivity index (χ4v) is 11.8. The highest BCUT2D eigenvalue weighted by Crippen LogP contribution is 2.19. The highest BCUT2D eigenvalue weighted by molar-refractivity contribution is 7.79. The number of guanidine groups is 1. The molecule has 0 radical (unpaired) electrons. The van der Waals surface area contributed by atoms with Gasteiger partial charge in [-0.3, -0.25) is 50.2 Å². The summed E-state index contributed by atoms with van der Waals surface area (Å²) in [4.78, 5) is 139. The molecule has 848 valence electrons. The van der Waals surface area contributed by atoms with Crippen LogP contribution in [0.15, 0.2) is 65.1 Å². The molecular weight excluding hydrogens is 2030 g/mol. The minimum atomic E-state index is -1.58. The highest BCUT2D eigenvalue weighted by Gasteiger charge is 2.32. The van der Waals surface area contributed by atoms with Crippen molar-refractivity contribution in [1.82, 2.24) is 158 Å². The number of rotatable bonds is 48. The number of imide groups is 1. The summed E-state index contributed by atoms with van der Waals surface area (Å²) in [6, 6.07) is 1.07. The number of urea groups is 3. The van der Waals surface area contributed by atoms with Crippen molar-refractivity contribution in [3.8, 4) is 5.75 Å². The van der Waals surface area contributed by atoms with Crippen LogP contribution in [0.25, 0.3) is 0 Å². The molecule has 72 heteroatoms. The van der Waals surface area contributed by atoms with Gasteiger partial charge in [-0.1, -0.05) is 15.5 Å². The third kappa shape index (κ3) is 56.8. The number of H-pyrrole nitrogens is 10. The van der Waals surface area contributed by atoms with E-state index in [4.69, 9.17) is 107 Å². The van der Waals surface area contributed by atoms with E-state index in [9.17, 15) is 47.4 Å². The van der Waals surface area contributed by atoms with Crippen molar-refractivity contribution >= 4 is 119 Å². The van der Waals surface area contributed by atoms with E-state index in [1.165, 1.54) is 17.3 Å². The van der Waals surface area contributed by atoms with Gasteiger partial charge >= 0.3 is 57.2 Å². The molecule has 2 unspecified atom stereocenters. The lowest BCUT2D eigenvalue weighted by molar-refractivity contribution is -0.123. The predicted octanol–water partition coefficient (Wildman–Crippen LogP) is -7.44. The SMILES string of the molecule is CN(CCCN)C(=O)NCc1nn[nH]n1.CN(CCCN)C(=O)Nc1nn[nH]n1.CN(CCCN)C1=NS(=O)ON1.CN(CCCN)C1NC(=O)NC1=O.CN(CCCN)c1c(O)c(=O)c1=O.CN(CCCN)c1c[nH]oc1=O.CN(CCCN)c1cc(=O)o[nH]1.CN(CCCN)c1n[nH]c(=O)[nH]1.CN(CCCN)c1nc(=S)[nH][nH]1.CN(CCCN)c1nc(=S)o[nH]1.CN(CCCN)c1ncno1.Cc1nc(N(C)CCCN)n[nH]1. The number of carbonyl (C=O) groups is 4. The molecule has 11 heterocycles. The number of aromatic hydroxyl groups is 1. The Morgan fingerprint density at radius 3 is 1.45 bits per heavy atom. The molecule has 12 rings (SSSR count). The number of hydrogen-bond donors (Lipinski definition) is 28. The summed E-state index contributed by atoms with van der Waals surface area (Å²) in [7, 11) is 21.9. The minimum absolute atomic E-state index is 0.110. The smallest absolute Gasteiger partial charge is 0.380 e. The Balaban J connectivity index is 0.000000819. The number of tetrazole rings is 2. The van der Waals surface area contributed by atoms with Crippen molar-refractivity contribution in [3.05, 3.63) is 91.6 Å². The Kier molecular flexibility index (Phi) is 71.2. The van der Waals surface area contributed by atoms with Crippen molar-refractivity contribution in [3.63, 3.8) is 0 Å². The first-order valence-corrected chi connectivity index (χ1v) is 49.0. The zero-order valence-corrected chi connectivity index (χ0v) is 89.8. The van der Waals surface area contributed by atoms with Crippen LogP contribution in [-0.4, -0.2) is 424 Å². The molecule has 40 N–H and O–H groups in total. The highest BCUT2D eigenvalue weighted by atomic mass is 32.2. The number of anilines is 9. The van der Waals surface area contributed by atoms with E-state index in [0.29, 0.717) is 151 Å². The van der Waals surface area contributed by atoms with Gasteiger partial charge in [-0.25, -0.2) is 53.9 Å². The summed E-state index contributed by atoms with van der Waals surface area (Å²) in [5, 5.41) is 74.1. The van der Waals surface area contributed by atoms with Gasteiger partial charge < -0.3 is 157 Å². The number of aromatic amines is 10. The normalized spacial score (nSPS) is 12.1. The molecule has 2 atom stereocenters. The van der Waals surface area contributed by atoms with Gasteiger partial charge in [0.25, 0.3) is 22.7 Å². The molecule has 0 bridgehead atoms. The molecule has 7 amide bonds. The van der Waals surface area contributed by atoms with Crippen LogP contribution in [0, 0.1) is 16.5 Å². The second kappa shape index (κ2) is 79.8. The molecule has 150 heavy (non-hydrogen) atoms. The Morgan fingerprint density at radius 1 is 0.513 bits per heavy atom. The predicted molar refractivity (Wildman–Crippen MR) is 572 cm³/mol. The van der Waals surface area contributed by atoms with Gasteiger partial charge in [-0.05, 0) is 199 Å². The Labute approximate surface area is 877 Å². The Hall–Kier alpha value is -14.3. The number of amides is 7. The van der Waals surface area contributed by atoms with Crippen molar-refractivity contribution in [1.29, 1.82) is 0 Å². The maximum Gasteiger partial charge on any atom is 0.380 e. The monoisotopic (exact) mass is 2190 g/mol. The van der Waals surface area contributed by atoms with E-state index in [1.54, 1.807) is 54.0 Å². The second-order valence-corrected chi connectivity index (χ2v) is 33.5. The van der Waals surface area contributed by atoms with Crippen molar-refractivity contribution in [2.24, 2.45) is 73.2 Å². The number of hydroxylamine groups is 1. The van der Waals surface area contributed by atoms with Gasteiger partial charge in [0, 0.05) is 156 Å². The number of hydrogen-bond acceptors (Lipinski definition) is 54. The van der Waals surface area contributed by atoms with Gasteiger partial charge in [0.2, 0.25) is 34.5 Å². The number of aryl methyl sites for hydroxylation is 1. The zero-order chi connectivity index (χ0) is 112. The molecule has 1 aromatic carbocycles. The Morgan fingerprint density at radius 2 is 1.02 bits per heavy atom. The molecule has 1 fully saturated rings. The molecular formula is C78H157N53O16S3. The summed E-state index contributed by atoms with van der Waals surface area (Å²) in [5.74, 6) is 4.59. The van der Waals surface area contributed by atoms with E-state index in [1.807, 2.05) is 97.6 Å². The lowest BCUT2D eigenvalue weighted by Gasteiger charge is -2.20. The van der Waals surface area contributed by atoms with Crippen LogP contribution in [0.3, 0.4) is 0 Å². The summed E-state index contributed by atoms with van der Waals surface area (Å²) >= 11 is 7.94. The van der Waals surface area contributed by atoms with Crippen LogP contribution in [0.4, 0.5) is 67.3 Å². The number of nitrogens with two attached hydrogens (primary N) is 12. The third-order valence-electron chi connectivity index (χ3n) is 19.6. The van der Waals surface area contributed by atoms with Gasteiger partial charge in [-0.15, -0.1) is 29.9 Å². The fourth-order valence-electron chi connectivity index (χ4n) is 11.1. The van der Waals surface area contributed by atoms with Crippen molar-refractivity contribution in [2.75, 3.05) is 286 Å². The van der Waals surface area contributed by atoms with Gasteiger partial charge in [0.15, 0.2) is 24.1 Å². The molecule has 10 aromatic rings. The van der Waals surface area contributed by atoms with Crippen molar-refractivity contribution < 1.29 is 50.9 Å². The maximum atomic E-state index is 11.4. The average Bonchev–Trinajstić information content (AvgIpc) is 0.976. The first kappa shape index (κ1) is 134. The number of aromatic nitrogens is 23. The van der Waals surface area contributed by atoms with Crippen LogP contribution in [-0.2, 0) is 26.9 Å². The van der Waals surface area contributed by atoms with E-state index in [-0.39, 0.29) is 57.9 Å². The quantitative estimate of drug-likeness (QED) is 0.00957. The van der Waals surface area contributed by atoms with Crippen LogP contribution in [0.2, 0.25) is 0 Å². The molecule has 0 saturated carbocycles. The van der Waals surface area contributed by atoms with E-state index >= 15 is 0 Å². The lowest BCUT2D eigenvalue weighted by atomic mass is 10.2. The average molecular weight is 2190 g/mol. The summed E-state index contributed by atoms with van der Waals surface area (Å²) in [6.45, 7) is 18.7. The summed E-state index contributed by atoms with van der Waals surface area (Å²) < 4.78 is 37.9. The van der Waals surface area contributed by atoms with E-state index in [2.05, 4.69) is 162 Å². The molecule has 69 nitrogen and oxygen atoms in total. The topological polar surface area (TPSA) is 1000 Å². The molecule has 2 aliphatic rings. The largest absolute Gasteiger partial charge is 0.502 e. The zero-order valence-electron chi connectivity index (χ0n) is 87.3. The number of nitrogens with zero attached hydrogens (tertiary/aromatic N) is 26. The van der Waals surface area contributed by atoms with Gasteiger partial charge in [0.05, 0.1) is 18.8 Å². The first-order valence-electron chi connectivity index (χ1n) is 47.2. The lowest BCUT2D eigenvalue weighted by Crippen LogP contribution is -2.45. The summed E-state index contributed by atoms with van der Waals surface area (Å²) in [6.07, 6.45) is 12.7. The molecule has 9 aromatic heterocycles. The third-order valence-corrected chi connectivity index (χ3v) is 20.5. The van der Waals surface area contributed by atoms with Crippen LogP contribution < -0.4 is 163 Å². The molecule has 0 aliphatic carbocycles. The minimum Gasteiger partial charge on any atom is -0.502 e. The first-order chi connectivity index (χ1) is 71.7. The van der Waals surface area contributed by atoms with E-state index in [0.717, 1.165) is 147 Å². The molecule has 0 spiro atoms. The van der Waals surface area contributed by atoms with Crippen LogP contribution >= 0.6 is 24.4 Å². The number of carbonyl (C=O) groups excluding carboxylic acids is 4. The number of nitrogens with one attached hydrogen (secondary N) is 15. The van der Waals surface area contributed by atoms with Gasteiger partial charge in [0.1, 0.15) is 23.0 Å². The van der Waals surface area contributed by atoms with E-state index < -0.39 is 40.1 Å². The fraction of sp³-hybridized carbons (Fsp3) is 0.654. The number of likely N-dealkylation sites (N-methyl/N-ethyl adjacent to an activating group) is 1. The second-order valence-electron chi connectivity index (χ2n) is 31.9. The Bertz CT molecular complexity index is 5320. The van der Waals surface area contributed by atoms with Crippen LogP contribution in [0.1, 0.15) is 88.7 Å². The van der Waals surface area contributed by atoms with Crippen LogP contribution in [0.5, 0.6) is 5.75 Å². The standard InChI is InChI=1S/C8H12N2O3.C7H15N7O.C7H15N5.C7H14N4O2.2C7H13N3O2.C6H13N7O.C6H13N5O.C6H13N5S.C6H12N4OS.C6H12N4O.C5H12N4O2S/c1-10(4-2-3-9)5-6(11)8(13)7(5)12;1-14(4-2-3-8)7(15)9-5-6-10-12-13-11-6;1-6-9-7(11-10-6)12(2)5-3-4-8;1-11(4-2-3-8)5-6(12)10-7(13)9-5;1-10(4-2-3-8)6-5-9-12-7(6)11;1-10(4-2-3-8)6-5-7(11)12-9-6;1-13(4-2-3-7)6(14)8-5-9-11-12-10-5;2*1-11(4-2-3-7)5-8-6(12)10-9-5;1-10(4-2-3-7)5-8-6(12)11-9-5;1-10(4-2-3-7)6-8-5-9-11-6;1-9(4-2-3-6)5-7-11-12(10)8-5/h11H,2-4,9H2,1H3;2-5,8H2,1H3,(H,9,15)(H,10,11,12,13);3-5,8H2,1-2H3,(H,9,10,11);5H,2-4,8H2,1H3,(H2,9,10,12,13);2*5,9H,2-4,8H2,1H3;2-4,7H2,1H3,(H2,8,9,10,11,12,14);2*2-4,7H2,1H3,(H2,8,9,10,12);2-4,7H2,1H3,(H,8,9,12);5H,2-4,7H2,1H3;2-4,6H2,1H3,(H,7,8). The van der Waals surface area contributed by atoms with Gasteiger partial charge in [-0.2, -0.15) is 39.8 Å². The molecule has 1 saturated heterocycles.